The van der Waals surface area contributed by atoms with E-state index >= 15 is 0 Å². The van der Waals surface area contributed by atoms with Crippen LogP contribution in [0.5, 0.6) is 0 Å². The minimum Gasteiger partial charge on any atom is -0.273 e. The van der Waals surface area contributed by atoms with Gasteiger partial charge in [0.15, 0.2) is 0 Å². The van der Waals surface area contributed by atoms with Crippen LogP contribution in [0.2, 0.25) is 0 Å². The Labute approximate surface area is 52.3 Å². The van der Waals surface area contributed by atoms with Gasteiger partial charge in [0.1, 0.15) is 0 Å². The zero-order chi connectivity index (χ0) is 6.27. The predicted octanol–water partition coefficient (Wildman–Crippen LogP) is 0.114. The number of aromatic nitrogens is 1. The Morgan fingerprint density at radius 2 is 2.56 bits per heavy atom. The number of nitrogens with zero attached hydrogens (tertiary/aromatic N) is 1. The van der Waals surface area contributed by atoms with Gasteiger partial charge in [-0.05, 0) is 12.1 Å². The molecule has 3 heteroatoms. The van der Waals surface area contributed by atoms with Crippen molar-refractivity contribution in [3.05, 3.63) is 24.0 Å². The van der Waals surface area contributed by atoms with E-state index < -0.39 is 0 Å². The standard InChI is InChI=1S/C6H6N2O/c9-6-4-5-2-1-3-8(5)7-6/h1-3H,4H2,(H,7,9). The smallest absolute Gasteiger partial charge is 0.244 e. The maximum Gasteiger partial charge on any atom is 0.244 e. The highest BCUT2D eigenvalue weighted by atomic mass is 16.2. The third kappa shape index (κ3) is 0.543. The van der Waals surface area contributed by atoms with E-state index in [0.717, 1.165) is 5.69 Å². The molecule has 1 aliphatic rings. The summed E-state index contributed by atoms with van der Waals surface area (Å²) in [4.78, 5) is 10.6. The van der Waals surface area contributed by atoms with Crippen molar-refractivity contribution in [3.63, 3.8) is 0 Å². The lowest BCUT2D eigenvalue weighted by Crippen LogP contribution is -2.12. The Balaban J connectivity index is 2.49. The molecule has 1 amide bonds. The first-order chi connectivity index (χ1) is 4.36. The van der Waals surface area contributed by atoms with Crippen LogP contribution in [0.25, 0.3) is 0 Å². The molecule has 0 aliphatic carbocycles. The molecule has 1 aliphatic heterocycles. The van der Waals surface area contributed by atoms with Crippen LogP contribution in [0.3, 0.4) is 0 Å². The zero-order valence-electron chi connectivity index (χ0n) is 4.79. The maximum atomic E-state index is 10.6. The molecule has 2 heterocycles. The van der Waals surface area contributed by atoms with E-state index in [4.69, 9.17) is 0 Å². The van der Waals surface area contributed by atoms with Gasteiger partial charge in [0.25, 0.3) is 0 Å². The summed E-state index contributed by atoms with van der Waals surface area (Å²) in [5.74, 6) is 0.0746. The summed E-state index contributed by atoms with van der Waals surface area (Å²) in [5, 5.41) is 0. The highest BCUT2D eigenvalue weighted by molar-refractivity contribution is 5.88. The van der Waals surface area contributed by atoms with Crippen molar-refractivity contribution < 1.29 is 4.79 Å². The predicted molar refractivity (Wildman–Crippen MR) is 32.5 cm³/mol. The van der Waals surface area contributed by atoms with Crippen LogP contribution in [0, 0.1) is 0 Å². The van der Waals surface area contributed by atoms with Gasteiger partial charge in [0.2, 0.25) is 5.91 Å². The monoisotopic (exact) mass is 122 g/mol. The third-order valence-electron chi connectivity index (χ3n) is 1.42. The van der Waals surface area contributed by atoms with E-state index in [2.05, 4.69) is 5.43 Å². The molecule has 0 radical (unpaired) electrons. The van der Waals surface area contributed by atoms with Gasteiger partial charge in [0, 0.05) is 11.9 Å². The van der Waals surface area contributed by atoms with E-state index in [1.165, 1.54) is 0 Å². The Morgan fingerprint density at radius 3 is 3.33 bits per heavy atom. The summed E-state index contributed by atoms with van der Waals surface area (Å²) in [6, 6.07) is 3.84. The highest BCUT2D eigenvalue weighted by Crippen LogP contribution is 2.06. The molecule has 1 aromatic rings. The molecule has 1 aromatic heterocycles. The number of fused-ring (bicyclic) bond motifs is 1. The van der Waals surface area contributed by atoms with Gasteiger partial charge in [-0.2, -0.15) is 0 Å². The molecule has 0 atom stereocenters. The van der Waals surface area contributed by atoms with Gasteiger partial charge >= 0.3 is 0 Å². The number of nitrogens with one attached hydrogen (secondary N) is 1. The van der Waals surface area contributed by atoms with Gasteiger partial charge in [-0.25, -0.2) is 0 Å². The largest absolute Gasteiger partial charge is 0.273 e. The Bertz CT molecular complexity index is 229. The normalized spacial score (nSPS) is 15.3. The fraction of sp³-hybridized carbons (Fsp3) is 0.167. The number of carbonyl (C=O) groups excluding carboxylic acids is 1. The quantitative estimate of drug-likeness (QED) is 0.520. The first-order valence-corrected chi connectivity index (χ1v) is 2.82. The Kier molecular flexibility index (Phi) is 0.704. The van der Waals surface area contributed by atoms with Crippen LogP contribution in [0.4, 0.5) is 0 Å². The van der Waals surface area contributed by atoms with Gasteiger partial charge in [-0.15, -0.1) is 0 Å². The Hall–Kier alpha value is -1.25. The number of amides is 1. The van der Waals surface area contributed by atoms with Crippen molar-refractivity contribution in [2.45, 2.75) is 6.42 Å². The second-order valence-corrected chi connectivity index (χ2v) is 2.08. The van der Waals surface area contributed by atoms with Crippen LogP contribution < -0.4 is 5.43 Å². The number of rotatable bonds is 0. The molecule has 1 N–H and O–H groups in total. The fourth-order valence-corrected chi connectivity index (χ4v) is 1.01. The lowest BCUT2D eigenvalue weighted by atomic mass is 10.3. The first-order valence-electron chi connectivity index (χ1n) is 2.82. The minimum atomic E-state index is 0.0746. The average Bonchev–Trinajstić information content (AvgIpc) is 2.22. The second kappa shape index (κ2) is 1.37. The van der Waals surface area contributed by atoms with Crippen molar-refractivity contribution in [1.29, 1.82) is 0 Å². The van der Waals surface area contributed by atoms with Gasteiger partial charge in [0.05, 0.1) is 6.42 Å². The molecule has 0 fully saturated rings. The summed E-state index contributed by atoms with van der Waals surface area (Å²) in [5.41, 5.74) is 3.70. The molecule has 3 nitrogen and oxygen atoms in total. The molecule has 2 rings (SSSR count). The van der Waals surface area contributed by atoms with Crippen LogP contribution in [-0.4, -0.2) is 10.6 Å². The van der Waals surface area contributed by atoms with Crippen molar-refractivity contribution in [1.82, 2.24) is 4.68 Å². The van der Waals surface area contributed by atoms with Crippen molar-refractivity contribution >= 4 is 5.91 Å². The molecular formula is C6H6N2O. The molecule has 0 bridgehead atoms. The van der Waals surface area contributed by atoms with Gasteiger partial charge in [-0.3, -0.25) is 14.9 Å². The van der Waals surface area contributed by atoms with E-state index in [1.54, 1.807) is 4.68 Å². The van der Waals surface area contributed by atoms with E-state index in [1.807, 2.05) is 18.3 Å². The summed E-state index contributed by atoms with van der Waals surface area (Å²) in [6.07, 6.45) is 2.35. The lowest BCUT2D eigenvalue weighted by Gasteiger charge is -1.93. The molecule has 0 saturated carbocycles. The van der Waals surface area contributed by atoms with Crippen LogP contribution >= 0.6 is 0 Å². The lowest BCUT2D eigenvalue weighted by molar-refractivity contribution is -0.115. The molecule has 0 saturated heterocycles. The van der Waals surface area contributed by atoms with Crippen molar-refractivity contribution in [2.75, 3.05) is 5.43 Å². The number of hydrogen-bond donors (Lipinski definition) is 1. The van der Waals surface area contributed by atoms with Crippen LogP contribution in [0.15, 0.2) is 18.3 Å². The topological polar surface area (TPSA) is 34.0 Å². The molecular weight excluding hydrogens is 116 g/mol. The second-order valence-electron chi connectivity index (χ2n) is 2.08. The van der Waals surface area contributed by atoms with E-state index in [9.17, 15) is 4.79 Å². The fourth-order valence-electron chi connectivity index (χ4n) is 1.01. The van der Waals surface area contributed by atoms with Gasteiger partial charge < -0.3 is 0 Å². The summed E-state index contributed by atoms with van der Waals surface area (Å²) < 4.78 is 1.74. The molecule has 46 valence electrons. The van der Waals surface area contributed by atoms with Crippen LogP contribution in [-0.2, 0) is 11.2 Å². The van der Waals surface area contributed by atoms with Crippen LogP contribution in [0.1, 0.15) is 5.69 Å². The Morgan fingerprint density at radius 1 is 1.67 bits per heavy atom. The maximum absolute atomic E-state index is 10.6. The van der Waals surface area contributed by atoms with E-state index in [-0.39, 0.29) is 5.91 Å². The van der Waals surface area contributed by atoms with Crippen molar-refractivity contribution in [3.8, 4) is 0 Å². The first kappa shape index (κ1) is 4.61. The summed E-state index contributed by atoms with van der Waals surface area (Å²) in [7, 11) is 0. The average molecular weight is 122 g/mol. The minimum absolute atomic E-state index is 0.0746. The third-order valence-corrected chi connectivity index (χ3v) is 1.42. The molecule has 0 spiro atoms. The summed E-state index contributed by atoms with van der Waals surface area (Å²) in [6.45, 7) is 0. The molecule has 0 aromatic carbocycles. The number of hydrogen-bond acceptors (Lipinski definition) is 1. The van der Waals surface area contributed by atoms with Gasteiger partial charge in [-0.1, -0.05) is 0 Å². The highest BCUT2D eigenvalue weighted by Gasteiger charge is 2.14. The molecule has 9 heavy (non-hydrogen) atoms. The SMILES string of the molecule is O=C1Cc2cccn2N1. The zero-order valence-corrected chi connectivity index (χ0v) is 4.79. The molecule has 0 unspecified atom stereocenters. The van der Waals surface area contributed by atoms with Crippen molar-refractivity contribution in [2.24, 2.45) is 0 Å². The van der Waals surface area contributed by atoms with E-state index in [0.29, 0.717) is 6.42 Å². The summed E-state index contributed by atoms with van der Waals surface area (Å²) >= 11 is 0. The number of carbonyl (C=O) groups is 1.